The Bertz CT molecular complexity index is 1250. The highest BCUT2D eigenvalue weighted by atomic mass is 35.5. The Morgan fingerprint density at radius 1 is 1.21 bits per heavy atom. The number of aromatic nitrogens is 2. The number of aryl methyl sites for hydroxylation is 2. The second-order valence-corrected chi connectivity index (χ2v) is 7.37. The molecule has 0 saturated heterocycles. The van der Waals surface area contributed by atoms with Gasteiger partial charge in [0.15, 0.2) is 0 Å². The summed E-state index contributed by atoms with van der Waals surface area (Å²) in [5.74, 6) is -1.01. The highest BCUT2D eigenvalue weighted by Gasteiger charge is 2.25. The molecule has 0 radical (unpaired) electrons. The van der Waals surface area contributed by atoms with Crippen LogP contribution in [0.5, 0.6) is 0 Å². The van der Waals surface area contributed by atoms with Crippen LogP contribution in [0.1, 0.15) is 28.4 Å². The number of halogens is 2. The zero-order valence-corrected chi connectivity index (χ0v) is 16.8. The van der Waals surface area contributed by atoms with E-state index >= 15 is 0 Å². The third-order valence-corrected chi connectivity index (χ3v) is 5.22. The molecule has 0 bridgehead atoms. The second-order valence-electron chi connectivity index (χ2n) is 6.94. The van der Waals surface area contributed by atoms with Gasteiger partial charge < -0.3 is 10.3 Å². The summed E-state index contributed by atoms with van der Waals surface area (Å²) in [6, 6.07) is 14.1. The van der Waals surface area contributed by atoms with Crippen molar-refractivity contribution < 1.29 is 9.18 Å². The van der Waals surface area contributed by atoms with Crippen molar-refractivity contribution in [3.63, 3.8) is 0 Å². The lowest BCUT2D eigenvalue weighted by molar-refractivity contribution is 0.100. The highest BCUT2D eigenvalue weighted by Crippen LogP contribution is 2.37. The molecule has 4 nitrogen and oxygen atoms in total. The van der Waals surface area contributed by atoms with Gasteiger partial charge in [-0.3, -0.25) is 9.78 Å². The number of carbonyl (C=O) groups excluding carboxylic acids is 1. The van der Waals surface area contributed by atoms with E-state index in [0.29, 0.717) is 39.3 Å². The van der Waals surface area contributed by atoms with E-state index in [4.69, 9.17) is 17.3 Å². The number of amides is 1. The maximum atomic E-state index is 14.6. The van der Waals surface area contributed by atoms with Crippen LogP contribution in [0, 0.1) is 12.7 Å². The van der Waals surface area contributed by atoms with Crippen LogP contribution >= 0.6 is 11.6 Å². The van der Waals surface area contributed by atoms with E-state index in [1.165, 1.54) is 6.07 Å². The predicted octanol–water partition coefficient (Wildman–Crippen LogP) is 5.45. The van der Waals surface area contributed by atoms with Gasteiger partial charge in [-0.05, 0) is 60.9 Å². The van der Waals surface area contributed by atoms with Gasteiger partial charge in [0.2, 0.25) is 0 Å². The minimum atomic E-state index is -0.642. The first-order chi connectivity index (χ1) is 13.9. The molecule has 2 aromatic heterocycles. The molecule has 0 spiro atoms. The fourth-order valence-electron chi connectivity index (χ4n) is 3.60. The molecule has 0 unspecified atom stereocenters. The van der Waals surface area contributed by atoms with Gasteiger partial charge in [0, 0.05) is 22.3 Å². The lowest BCUT2D eigenvalue weighted by atomic mass is 10.0. The number of pyridine rings is 1. The Labute approximate surface area is 172 Å². The number of fused-ring (bicyclic) bond motifs is 1. The summed E-state index contributed by atoms with van der Waals surface area (Å²) in [5, 5.41) is 0.996. The van der Waals surface area contributed by atoms with Crippen molar-refractivity contribution in [3.8, 4) is 17.1 Å². The number of hydrogen-bond donors (Lipinski definition) is 1. The fraction of sp³-hybridized carbons (Fsp3) is 0.130. The van der Waals surface area contributed by atoms with Crippen molar-refractivity contribution >= 4 is 28.4 Å². The first kappa shape index (κ1) is 19.2. The summed E-state index contributed by atoms with van der Waals surface area (Å²) in [6.45, 7) is 3.82. The van der Waals surface area contributed by atoms with E-state index in [1.54, 1.807) is 24.4 Å². The molecular weight excluding hydrogens is 389 g/mol. The number of rotatable bonds is 4. The van der Waals surface area contributed by atoms with Gasteiger partial charge in [0.25, 0.3) is 5.91 Å². The minimum absolute atomic E-state index is 0.234. The van der Waals surface area contributed by atoms with Crippen LogP contribution in [0.25, 0.3) is 28.0 Å². The first-order valence-corrected chi connectivity index (χ1v) is 9.64. The molecule has 2 heterocycles. The van der Waals surface area contributed by atoms with Crippen molar-refractivity contribution in [1.29, 1.82) is 0 Å². The minimum Gasteiger partial charge on any atom is -0.366 e. The topological polar surface area (TPSA) is 60.9 Å². The Balaban J connectivity index is 2.21. The number of hydrogen-bond acceptors (Lipinski definition) is 2. The summed E-state index contributed by atoms with van der Waals surface area (Å²) in [5.41, 5.74) is 10.0. The van der Waals surface area contributed by atoms with Gasteiger partial charge in [-0.1, -0.05) is 30.7 Å². The summed E-state index contributed by atoms with van der Waals surface area (Å²) in [4.78, 5) is 17.0. The van der Waals surface area contributed by atoms with E-state index in [2.05, 4.69) is 4.98 Å². The van der Waals surface area contributed by atoms with Crippen molar-refractivity contribution in [2.45, 2.75) is 20.3 Å². The Kier molecular flexibility index (Phi) is 4.84. The first-order valence-electron chi connectivity index (χ1n) is 9.26. The number of carbonyl (C=O) groups is 1. The Morgan fingerprint density at radius 2 is 2.00 bits per heavy atom. The molecule has 0 saturated carbocycles. The average Bonchev–Trinajstić information content (AvgIpc) is 3.02. The molecule has 6 heteroatoms. The Hall–Kier alpha value is -3.18. The normalized spacial score (nSPS) is 11.2. The highest BCUT2D eigenvalue weighted by molar-refractivity contribution is 6.30. The number of primary amides is 1. The zero-order valence-electron chi connectivity index (χ0n) is 16.0. The lowest BCUT2D eigenvalue weighted by Crippen LogP contribution is -2.13. The van der Waals surface area contributed by atoms with Crippen molar-refractivity contribution in [3.05, 3.63) is 82.3 Å². The van der Waals surface area contributed by atoms with Gasteiger partial charge in [-0.25, -0.2) is 4.39 Å². The van der Waals surface area contributed by atoms with E-state index < -0.39 is 5.91 Å². The molecule has 2 aromatic carbocycles. The van der Waals surface area contributed by atoms with Gasteiger partial charge in [-0.15, -0.1) is 0 Å². The zero-order chi connectivity index (χ0) is 20.7. The summed E-state index contributed by atoms with van der Waals surface area (Å²) >= 11 is 6.24. The average molecular weight is 408 g/mol. The SMILES string of the molecule is CCc1cc2c(cc1F)c(C(N)=O)c(-c1ccc(C)cn1)n2-c1cccc(Cl)c1. The summed E-state index contributed by atoms with van der Waals surface area (Å²) in [7, 11) is 0. The van der Waals surface area contributed by atoms with Gasteiger partial charge >= 0.3 is 0 Å². The van der Waals surface area contributed by atoms with Crippen LogP contribution in [-0.4, -0.2) is 15.5 Å². The number of nitrogens with zero attached hydrogens (tertiary/aromatic N) is 2. The third-order valence-electron chi connectivity index (χ3n) is 4.98. The van der Waals surface area contributed by atoms with E-state index in [9.17, 15) is 9.18 Å². The van der Waals surface area contributed by atoms with E-state index in [1.807, 2.05) is 42.7 Å². The maximum absolute atomic E-state index is 14.6. The van der Waals surface area contributed by atoms with Crippen LogP contribution in [-0.2, 0) is 6.42 Å². The molecule has 4 aromatic rings. The maximum Gasteiger partial charge on any atom is 0.251 e. The van der Waals surface area contributed by atoms with Crippen molar-refractivity contribution in [1.82, 2.24) is 9.55 Å². The number of benzene rings is 2. The molecule has 4 rings (SSSR count). The largest absolute Gasteiger partial charge is 0.366 e. The molecule has 0 aliphatic rings. The fourth-order valence-corrected chi connectivity index (χ4v) is 3.79. The third kappa shape index (κ3) is 3.28. The molecule has 2 N–H and O–H groups in total. The van der Waals surface area contributed by atoms with Gasteiger partial charge in [0.05, 0.1) is 22.5 Å². The molecule has 0 aliphatic heterocycles. The summed E-state index contributed by atoms with van der Waals surface area (Å²) < 4.78 is 16.5. The second kappa shape index (κ2) is 7.33. The van der Waals surface area contributed by atoms with E-state index in [0.717, 1.165) is 11.3 Å². The number of nitrogens with two attached hydrogens (primary N) is 1. The lowest BCUT2D eigenvalue weighted by Gasteiger charge is -2.12. The van der Waals surface area contributed by atoms with Gasteiger partial charge in [-0.2, -0.15) is 0 Å². The predicted molar refractivity (Wildman–Crippen MR) is 114 cm³/mol. The smallest absolute Gasteiger partial charge is 0.251 e. The molecule has 0 atom stereocenters. The van der Waals surface area contributed by atoms with Crippen LogP contribution < -0.4 is 5.73 Å². The molecule has 1 amide bonds. The van der Waals surface area contributed by atoms with Gasteiger partial charge in [0.1, 0.15) is 5.82 Å². The van der Waals surface area contributed by atoms with E-state index in [-0.39, 0.29) is 11.4 Å². The molecular formula is C23H19ClFN3O. The molecule has 0 aliphatic carbocycles. The van der Waals surface area contributed by atoms with Crippen LogP contribution in [0.15, 0.2) is 54.7 Å². The van der Waals surface area contributed by atoms with Crippen LogP contribution in [0.2, 0.25) is 5.02 Å². The molecule has 146 valence electrons. The quantitative estimate of drug-likeness (QED) is 0.488. The van der Waals surface area contributed by atoms with Crippen molar-refractivity contribution in [2.75, 3.05) is 0 Å². The molecule has 0 fully saturated rings. The standard InChI is InChI=1S/C23H19ClFN3O/c1-3-14-9-20-17(11-18(14)25)21(23(26)29)22(19-8-7-13(2)12-27-19)28(20)16-6-4-5-15(24)10-16/h4-12H,3H2,1-2H3,(H2,26,29). The van der Waals surface area contributed by atoms with Crippen molar-refractivity contribution in [2.24, 2.45) is 5.73 Å². The summed E-state index contributed by atoms with van der Waals surface area (Å²) in [6.07, 6.45) is 2.24. The molecule has 29 heavy (non-hydrogen) atoms. The monoisotopic (exact) mass is 407 g/mol. The van der Waals surface area contributed by atoms with Crippen LogP contribution in [0.3, 0.4) is 0 Å². The van der Waals surface area contributed by atoms with Crippen LogP contribution in [0.4, 0.5) is 4.39 Å². The Morgan fingerprint density at radius 3 is 2.62 bits per heavy atom.